The number of anilines is 1. The molecule has 9 rings (SSSR count). The number of rotatable bonds is 27. The fraction of sp³-hybridized carbons (Fsp3) is 0.547. The van der Waals surface area contributed by atoms with Crippen LogP contribution >= 0.6 is 11.8 Å². The van der Waals surface area contributed by atoms with Gasteiger partial charge in [0, 0.05) is 95.3 Å². The number of thioether (sulfide) groups is 1. The molecule has 0 aromatic heterocycles. The molecule has 32 heteroatoms. The molecule has 31 nitrogen and oxygen atoms in total. The number of amides is 11. The van der Waals surface area contributed by atoms with E-state index < -0.39 is 120 Å². The van der Waals surface area contributed by atoms with E-state index in [1.165, 1.54) is 60.8 Å². The Bertz CT molecular complexity index is 4170. The summed E-state index contributed by atoms with van der Waals surface area (Å²) >= 11 is 1.86. The average molecular weight is 1650 g/mol. The monoisotopic (exact) mass is 1650 g/mol. The highest BCUT2D eigenvalue weighted by Crippen LogP contribution is 2.36. The molecule has 4 aromatic carbocycles. The van der Waals surface area contributed by atoms with Gasteiger partial charge in [0.05, 0.1) is 58.1 Å². The number of ether oxygens (including phenoxy) is 7. The molecule has 11 amide bonds. The first-order valence-corrected chi connectivity index (χ1v) is 41.8. The van der Waals surface area contributed by atoms with E-state index in [4.69, 9.17) is 33.2 Å². The first-order valence-electron chi connectivity index (χ1n) is 40.8. The summed E-state index contributed by atoms with van der Waals surface area (Å²) in [6.07, 6.45) is 6.58. The second kappa shape index (κ2) is 45.4. The lowest BCUT2D eigenvalue weighted by Crippen LogP contribution is -2.58. The maximum absolute atomic E-state index is 15.4. The van der Waals surface area contributed by atoms with Gasteiger partial charge in [-0.05, 0) is 149 Å². The predicted octanol–water partition coefficient (Wildman–Crippen LogP) is 6.40. The Morgan fingerprint density at radius 3 is 2.09 bits per heavy atom. The van der Waals surface area contributed by atoms with E-state index in [2.05, 4.69) is 37.2 Å². The fourth-order valence-corrected chi connectivity index (χ4v) is 16.4. The topological polar surface area (TPSA) is 384 Å². The predicted molar refractivity (Wildman–Crippen MR) is 439 cm³/mol. The number of unbranched alkanes of at least 4 members (excludes halogenated alkanes) is 1. The van der Waals surface area contributed by atoms with Gasteiger partial charge in [0.15, 0.2) is 18.1 Å². The van der Waals surface area contributed by atoms with Crippen LogP contribution in [0.15, 0.2) is 109 Å². The highest BCUT2D eigenvalue weighted by molar-refractivity contribution is 8.00. The quantitative estimate of drug-likeness (QED) is 0.0147. The molecule has 4 fully saturated rings. The lowest BCUT2D eigenvalue weighted by atomic mass is 9.87. The van der Waals surface area contributed by atoms with Crippen LogP contribution in [0.25, 0.3) is 0 Å². The third-order valence-corrected chi connectivity index (χ3v) is 23.0. The Kier molecular flexibility index (Phi) is 35.1. The number of esters is 2. The highest BCUT2D eigenvalue weighted by atomic mass is 32.2. The van der Waals surface area contributed by atoms with Crippen LogP contribution in [-0.4, -0.2) is 244 Å². The van der Waals surface area contributed by atoms with Crippen LogP contribution in [0.4, 0.5) is 10.5 Å². The molecule has 4 saturated heterocycles. The lowest BCUT2D eigenvalue weighted by molar-refractivity contribution is -0.165. The lowest BCUT2D eigenvalue weighted by Gasteiger charge is -2.36. The maximum atomic E-state index is 15.4. The van der Waals surface area contributed by atoms with Gasteiger partial charge in [0.25, 0.3) is 11.8 Å². The number of ketones is 1. The zero-order valence-electron chi connectivity index (χ0n) is 68.8. The maximum Gasteiger partial charge on any atom is 0.330 e. The summed E-state index contributed by atoms with van der Waals surface area (Å²) in [4.78, 5) is 187. The first-order chi connectivity index (χ1) is 56.7. The van der Waals surface area contributed by atoms with Crippen LogP contribution < -0.4 is 51.4 Å². The molecule has 4 aromatic rings. The van der Waals surface area contributed by atoms with E-state index in [0.29, 0.717) is 84.4 Å². The minimum atomic E-state index is -1.54. The number of urea groups is 1. The van der Waals surface area contributed by atoms with Crippen molar-refractivity contribution in [2.45, 2.75) is 184 Å². The molecule has 5 heterocycles. The molecule has 5 aliphatic rings. The van der Waals surface area contributed by atoms with Gasteiger partial charge in [0.2, 0.25) is 47.1 Å². The zero-order valence-corrected chi connectivity index (χ0v) is 69.6. The number of hydrogen-bond donors (Lipinski definition) is 7. The van der Waals surface area contributed by atoms with Crippen LogP contribution in [0.3, 0.4) is 0 Å². The third kappa shape index (κ3) is 27.0. The number of likely N-dealkylation sites (N-methyl/N-ethyl adjacent to an activating group) is 2. The van der Waals surface area contributed by atoms with E-state index in [9.17, 15) is 47.9 Å². The smallest absolute Gasteiger partial charge is 0.330 e. The van der Waals surface area contributed by atoms with Crippen molar-refractivity contribution < 1.29 is 95.5 Å². The second-order valence-electron chi connectivity index (χ2n) is 31.3. The number of nitrogens with zero attached hydrogens (tertiary/aromatic N) is 4. The molecule has 0 saturated carbocycles. The molecule has 118 heavy (non-hydrogen) atoms. The van der Waals surface area contributed by atoms with Crippen LogP contribution in [0, 0.1) is 11.3 Å². The van der Waals surface area contributed by atoms with Gasteiger partial charge >= 0.3 is 18.0 Å². The summed E-state index contributed by atoms with van der Waals surface area (Å²) in [7, 11) is 6.12. The summed E-state index contributed by atoms with van der Waals surface area (Å²) < 4.78 is 40.0. The Morgan fingerprint density at radius 2 is 1.36 bits per heavy atom. The van der Waals surface area contributed by atoms with Crippen molar-refractivity contribution in [3.05, 3.63) is 131 Å². The van der Waals surface area contributed by atoms with Crippen molar-refractivity contribution in [2.75, 3.05) is 112 Å². The number of aryl methyl sites for hydroxylation is 1. The number of methoxy groups -OCH3 is 2. The third-order valence-electron chi connectivity index (χ3n) is 21.5. The summed E-state index contributed by atoms with van der Waals surface area (Å²) in [6.45, 7) is 7.81. The molecule has 7 N–H and O–H groups in total. The summed E-state index contributed by atoms with van der Waals surface area (Å²) in [5.41, 5.74) is 0.896. The zero-order chi connectivity index (χ0) is 84.8. The van der Waals surface area contributed by atoms with Gasteiger partial charge in [0.1, 0.15) is 48.7 Å². The number of benzene rings is 4. The molecular formula is C86H115N11O20S. The molecule has 0 radical (unpaired) electrons. The van der Waals surface area contributed by atoms with Gasteiger partial charge < -0.3 is 90.0 Å². The molecule has 3 unspecified atom stereocenters. The Morgan fingerprint density at radius 1 is 0.669 bits per heavy atom. The van der Waals surface area contributed by atoms with Gasteiger partial charge in [-0.15, -0.1) is 0 Å². The van der Waals surface area contributed by atoms with Gasteiger partial charge in [-0.1, -0.05) is 87.0 Å². The molecule has 9 atom stereocenters. The molecular weight excluding hydrogens is 1540 g/mol. The average Bonchev–Trinajstić information content (AvgIpc) is 1.46. The SMILES string of the molecule is COc1ccc(CC[C@H]2OC(=O)[C@@H]3CCCCN3C(=O)C(=O)C(C)(C)COC(=O)/C=C/CCN(C)C(=O)[C@H](CC(C)C)N(C)C(=O)[C@@H]3CCCN3C(=O)[C@H](Cc3ccc(OCC(=O)NCCOCCOCCNC(=O)CCCCC4SCC5NC(=O)NC54)cc3)NC(=O)[C@H](c3ccccc3)NC(=O)CCC(=O)Nc3cccc2c3)cc1OC. The number of carbonyl (C=O) groups is 13. The van der Waals surface area contributed by atoms with Crippen LogP contribution in [0.2, 0.25) is 0 Å². The number of piperidine rings is 1. The Hall–Kier alpha value is -10.6. The Balaban J connectivity index is 0.872. The van der Waals surface area contributed by atoms with E-state index in [1.54, 1.807) is 98.0 Å². The summed E-state index contributed by atoms with van der Waals surface area (Å²) in [6, 6.07) is 21.1. The van der Waals surface area contributed by atoms with Crippen LogP contribution in [0.1, 0.15) is 152 Å². The number of cyclic esters (lactones) is 2. The van der Waals surface area contributed by atoms with Crippen molar-refractivity contribution in [3.63, 3.8) is 0 Å². The number of hydrogen-bond acceptors (Lipinski definition) is 21. The van der Waals surface area contributed by atoms with Crippen molar-refractivity contribution in [1.29, 1.82) is 0 Å². The molecule has 2 bridgehead atoms. The summed E-state index contributed by atoms with van der Waals surface area (Å²) in [5.74, 6) is -5.40. The van der Waals surface area contributed by atoms with Gasteiger partial charge in [-0.3, -0.25) is 47.9 Å². The van der Waals surface area contributed by atoms with Crippen molar-refractivity contribution >= 4 is 94.4 Å². The number of Topliss-reactive ketones (excluding diaryl/α,β-unsaturated/α-hetero) is 1. The van der Waals surface area contributed by atoms with Gasteiger partial charge in [-0.2, -0.15) is 11.8 Å². The number of nitrogens with one attached hydrogen (secondary N) is 7. The van der Waals surface area contributed by atoms with Crippen molar-refractivity contribution in [1.82, 2.24) is 51.5 Å². The second-order valence-corrected chi connectivity index (χ2v) is 32.6. The Labute approximate surface area is 693 Å². The largest absolute Gasteiger partial charge is 0.493 e. The minimum absolute atomic E-state index is 0.0458. The van der Waals surface area contributed by atoms with E-state index in [-0.39, 0.29) is 133 Å². The summed E-state index contributed by atoms with van der Waals surface area (Å²) in [5, 5.41) is 20.5. The van der Waals surface area contributed by atoms with E-state index in [0.717, 1.165) is 36.7 Å². The molecule has 0 spiro atoms. The standard InChI is InChI=1S/C86H115N11O20S/c1-55(2)48-66-81(106)94(5)41-16-15-28-75(102)116-54-86(3,4)78(103)83(108)97-42-17-14-24-65(97)84(109)117-67(35-31-57-32-36-68(111-7)69(50-57)112-8)59-22-18-23-60(51-59)89-72(99)37-38-73(100)92-76(58-20-10-9-11-21-58)79(104)90-62(80(105)96-43-19-25-64(96)82(107)95(66)6)49-56-29-33-61(34-30-56)115-52-74(101)88-40-45-114-47-46-113-44-39-87-71(98)27-13-12-26-70-77-63(53-118-70)91-85(110)93-77/h9-11,15,18,20-23,28-30,32-34,36,50-51,55,62-67,70,76-77H,12-14,16-17,19,24-27,31,35,37-49,52-54H2,1-8H3,(H,87,98)(H,88,101)(H,89,99)(H,90,104)(H,92,100)(H2,91,93,110)/b28-15+/t62-,63?,64-,65-,66-,67+,70?,76-,77?/m0/s1. The van der Waals surface area contributed by atoms with Crippen molar-refractivity contribution in [3.8, 4) is 17.2 Å². The highest BCUT2D eigenvalue weighted by Gasteiger charge is 2.46. The normalized spacial score (nSPS) is 23.3. The fourth-order valence-electron chi connectivity index (χ4n) is 14.9. The van der Waals surface area contributed by atoms with E-state index >= 15 is 14.4 Å². The minimum Gasteiger partial charge on any atom is -0.493 e. The van der Waals surface area contributed by atoms with E-state index in [1.807, 2.05) is 31.7 Å². The molecule has 0 aliphatic carbocycles. The molecule has 640 valence electrons. The van der Waals surface area contributed by atoms with Crippen LogP contribution in [0.5, 0.6) is 17.2 Å². The number of fused-ring (bicyclic) bond motifs is 5. The molecule has 5 aliphatic heterocycles. The van der Waals surface area contributed by atoms with Gasteiger partial charge in [-0.25, -0.2) is 14.4 Å². The van der Waals surface area contributed by atoms with Crippen LogP contribution in [-0.2, 0) is 89.3 Å². The van der Waals surface area contributed by atoms with Crippen molar-refractivity contribution in [2.24, 2.45) is 11.3 Å². The number of carbonyl (C=O) groups excluding carboxylic acids is 13. The first kappa shape index (κ1) is 91.3.